The topological polar surface area (TPSA) is 51.2 Å². The van der Waals surface area contributed by atoms with Crippen LogP contribution in [0.1, 0.15) is 49.3 Å². The number of nitrogens with zero attached hydrogens (tertiary/aromatic N) is 6. The maximum atomic E-state index is 4.72. The first-order valence-electron chi connectivity index (χ1n) is 8.65. The molecule has 0 N–H and O–H groups in total. The lowest BCUT2D eigenvalue weighted by molar-refractivity contribution is 0.480. The fourth-order valence-electron chi connectivity index (χ4n) is 3.60. The zero-order valence-electron chi connectivity index (χ0n) is 14.8. The molecule has 1 atom stereocenters. The van der Waals surface area contributed by atoms with Crippen LogP contribution in [0.4, 0.5) is 5.82 Å². The van der Waals surface area contributed by atoms with Crippen LogP contribution in [-0.2, 0) is 0 Å². The molecule has 4 rings (SSSR count). The van der Waals surface area contributed by atoms with E-state index in [1.54, 1.807) is 0 Å². The first-order chi connectivity index (χ1) is 11.5. The Balaban J connectivity index is 1.68. The highest BCUT2D eigenvalue weighted by Crippen LogP contribution is 2.29. The molecule has 0 amide bonds. The largest absolute Gasteiger partial charge is 0.354 e. The van der Waals surface area contributed by atoms with Gasteiger partial charge in [0.05, 0.1) is 17.9 Å². The summed E-state index contributed by atoms with van der Waals surface area (Å²) in [5.41, 5.74) is 4.37. The SMILES string of the molecule is Cc1cc(C)n([C@@H]2CCN(c3cc(C(C)C)nc4ccnn34)C2)n1. The zero-order valence-corrected chi connectivity index (χ0v) is 14.8. The Kier molecular flexibility index (Phi) is 3.55. The van der Waals surface area contributed by atoms with Crippen molar-refractivity contribution < 1.29 is 0 Å². The van der Waals surface area contributed by atoms with Crippen molar-refractivity contribution in [3.63, 3.8) is 0 Å². The lowest BCUT2D eigenvalue weighted by Gasteiger charge is -2.21. The molecule has 4 heterocycles. The van der Waals surface area contributed by atoms with Crippen molar-refractivity contribution in [1.29, 1.82) is 0 Å². The molecule has 3 aromatic heterocycles. The molecule has 24 heavy (non-hydrogen) atoms. The van der Waals surface area contributed by atoms with Crippen molar-refractivity contribution in [2.45, 2.75) is 46.1 Å². The fourth-order valence-corrected chi connectivity index (χ4v) is 3.60. The van der Waals surface area contributed by atoms with Gasteiger partial charge in [0, 0.05) is 36.6 Å². The van der Waals surface area contributed by atoms with E-state index in [-0.39, 0.29) is 0 Å². The number of fused-ring (bicyclic) bond motifs is 1. The number of anilines is 1. The summed E-state index contributed by atoms with van der Waals surface area (Å²) < 4.78 is 4.13. The van der Waals surface area contributed by atoms with Crippen LogP contribution in [-0.4, -0.2) is 37.5 Å². The maximum Gasteiger partial charge on any atom is 0.157 e. The molecule has 0 bridgehead atoms. The number of rotatable bonds is 3. The molecule has 6 nitrogen and oxygen atoms in total. The Morgan fingerprint density at radius 3 is 2.75 bits per heavy atom. The predicted octanol–water partition coefficient (Wildman–Crippen LogP) is 3.12. The standard InChI is InChI=1S/C18H24N6/c1-12(2)16-10-18(24-17(20-16)5-7-19-24)22-8-6-15(11-22)23-14(4)9-13(3)21-23/h5,7,9-10,12,15H,6,8,11H2,1-4H3/t15-/m1/s1. The summed E-state index contributed by atoms with van der Waals surface area (Å²) in [5.74, 6) is 1.54. The third kappa shape index (κ3) is 2.46. The van der Waals surface area contributed by atoms with E-state index in [4.69, 9.17) is 4.98 Å². The second-order valence-corrected chi connectivity index (χ2v) is 7.06. The maximum absolute atomic E-state index is 4.72. The van der Waals surface area contributed by atoms with Crippen LogP contribution in [0.15, 0.2) is 24.4 Å². The Bertz CT molecular complexity index is 875. The monoisotopic (exact) mass is 324 g/mol. The smallest absolute Gasteiger partial charge is 0.157 e. The summed E-state index contributed by atoms with van der Waals surface area (Å²) in [6, 6.07) is 6.73. The molecule has 6 heteroatoms. The van der Waals surface area contributed by atoms with E-state index in [0.29, 0.717) is 12.0 Å². The van der Waals surface area contributed by atoms with Gasteiger partial charge in [-0.3, -0.25) is 4.68 Å². The quantitative estimate of drug-likeness (QED) is 0.743. The van der Waals surface area contributed by atoms with E-state index in [2.05, 4.69) is 59.6 Å². The van der Waals surface area contributed by atoms with Crippen LogP contribution in [0.5, 0.6) is 0 Å². The Morgan fingerprint density at radius 1 is 1.21 bits per heavy atom. The molecule has 0 saturated carbocycles. The van der Waals surface area contributed by atoms with Gasteiger partial charge in [-0.2, -0.15) is 14.7 Å². The average molecular weight is 324 g/mol. The first-order valence-corrected chi connectivity index (χ1v) is 8.65. The second-order valence-electron chi connectivity index (χ2n) is 7.06. The van der Waals surface area contributed by atoms with Crippen molar-refractivity contribution >= 4 is 11.5 Å². The molecule has 0 unspecified atom stereocenters. The summed E-state index contributed by atoms with van der Waals surface area (Å²) in [4.78, 5) is 7.13. The minimum absolute atomic E-state index is 0.401. The van der Waals surface area contributed by atoms with Gasteiger partial charge in [-0.1, -0.05) is 13.8 Å². The summed E-state index contributed by atoms with van der Waals surface area (Å²) >= 11 is 0. The summed E-state index contributed by atoms with van der Waals surface area (Å²) in [5, 5.41) is 9.15. The molecule has 0 aromatic carbocycles. The lowest BCUT2D eigenvalue weighted by Crippen LogP contribution is -2.24. The van der Waals surface area contributed by atoms with E-state index in [9.17, 15) is 0 Å². The minimum Gasteiger partial charge on any atom is -0.354 e. The lowest BCUT2D eigenvalue weighted by atomic mass is 10.1. The predicted molar refractivity (Wildman–Crippen MR) is 94.6 cm³/mol. The molecule has 1 fully saturated rings. The average Bonchev–Trinajstić information content (AvgIpc) is 3.25. The van der Waals surface area contributed by atoms with E-state index >= 15 is 0 Å². The van der Waals surface area contributed by atoms with Gasteiger partial charge in [0.25, 0.3) is 0 Å². The van der Waals surface area contributed by atoms with Gasteiger partial charge in [0.2, 0.25) is 0 Å². The van der Waals surface area contributed by atoms with Crippen LogP contribution in [0, 0.1) is 13.8 Å². The van der Waals surface area contributed by atoms with Crippen molar-refractivity contribution in [1.82, 2.24) is 24.4 Å². The van der Waals surface area contributed by atoms with Crippen LogP contribution in [0.25, 0.3) is 5.65 Å². The van der Waals surface area contributed by atoms with Gasteiger partial charge in [-0.15, -0.1) is 0 Å². The van der Waals surface area contributed by atoms with Gasteiger partial charge in [-0.25, -0.2) is 4.98 Å². The van der Waals surface area contributed by atoms with Gasteiger partial charge < -0.3 is 4.90 Å². The van der Waals surface area contributed by atoms with Crippen molar-refractivity contribution in [3.05, 3.63) is 41.5 Å². The first kappa shape index (κ1) is 15.2. The number of aryl methyl sites for hydroxylation is 2. The van der Waals surface area contributed by atoms with Crippen LogP contribution < -0.4 is 4.90 Å². The normalized spacial score (nSPS) is 18.2. The molecule has 0 spiro atoms. The number of hydrogen-bond acceptors (Lipinski definition) is 4. The van der Waals surface area contributed by atoms with Gasteiger partial charge in [0.15, 0.2) is 5.65 Å². The Morgan fingerprint density at radius 2 is 2.04 bits per heavy atom. The molecule has 1 saturated heterocycles. The Labute approximate surface area is 142 Å². The Hall–Kier alpha value is -2.37. The summed E-state index contributed by atoms with van der Waals surface area (Å²) in [6.45, 7) is 10.5. The third-order valence-electron chi connectivity index (χ3n) is 4.83. The van der Waals surface area contributed by atoms with Gasteiger partial charge in [0.1, 0.15) is 5.82 Å². The number of aromatic nitrogens is 5. The molecular weight excluding hydrogens is 300 g/mol. The highest BCUT2D eigenvalue weighted by molar-refractivity contribution is 5.52. The van der Waals surface area contributed by atoms with Crippen LogP contribution in [0.3, 0.4) is 0 Å². The molecule has 0 aliphatic carbocycles. The fraction of sp³-hybridized carbons (Fsp3) is 0.500. The molecule has 1 aliphatic heterocycles. The molecular formula is C18H24N6. The van der Waals surface area contributed by atoms with Crippen LogP contribution >= 0.6 is 0 Å². The highest BCUT2D eigenvalue weighted by Gasteiger charge is 2.28. The van der Waals surface area contributed by atoms with E-state index < -0.39 is 0 Å². The highest BCUT2D eigenvalue weighted by atomic mass is 15.4. The molecule has 126 valence electrons. The zero-order chi connectivity index (χ0) is 16.8. The molecule has 3 aromatic rings. The molecule has 0 radical (unpaired) electrons. The van der Waals surface area contributed by atoms with E-state index in [1.807, 2.05) is 16.8 Å². The van der Waals surface area contributed by atoms with Gasteiger partial charge >= 0.3 is 0 Å². The van der Waals surface area contributed by atoms with Crippen molar-refractivity contribution in [2.24, 2.45) is 0 Å². The summed E-state index contributed by atoms with van der Waals surface area (Å²) in [6.07, 6.45) is 2.93. The number of hydrogen-bond donors (Lipinski definition) is 0. The minimum atomic E-state index is 0.401. The van der Waals surface area contributed by atoms with E-state index in [1.165, 1.54) is 5.69 Å². The van der Waals surface area contributed by atoms with Crippen molar-refractivity contribution in [3.8, 4) is 0 Å². The molecule has 1 aliphatic rings. The van der Waals surface area contributed by atoms with Crippen molar-refractivity contribution in [2.75, 3.05) is 18.0 Å². The second kappa shape index (κ2) is 5.61. The third-order valence-corrected chi connectivity index (χ3v) is 4.83. The van der Waals surface area contributed by atoms with E-state index in [0.717, 1.165) is 42.4 Å². The van der Waals surface area contributed by atoms with Gasteiger partial charge in [-0.05, 0) is 32.3 Å². The summed E-state index contributed by atoms with van der Waals surface area (Å²) in [7, 11) is 0. The van der Waals surface area contributed by atoms with Crippen LogP contribution in [0.2, 0.25) is 0 Å².